The fraction of sp³-hybridized carbons (Fsp3) is 1.00. The summed E-state index contributed by atoms with van der Waals surface area (Å²) in [4.78, 5) is 0. The molecule has 0 saturated carbocycles. The molecule has 2 heteroatoms. The summed E-state index contributed by atoms with van der Waals surface area (Å²) in [5.41, 5.74) is 6.38. The lowest BCUT2D eigenvalue weighted by molar-refractivity contribution is 0.129. The molecule has 0 fully saturated rings. The first kappa shape index (κ1) is 14.9. The third-order valence-electron chi connectivity index (χ3n) is 3.61. The van der Waals surface area contributed by atoms with Crippen molar-refractivity contribution in [1.82, 2.24) is 5.32 Å². The van der Waals surface area contributed by atoms with Crippen LogP contribution >= 0.6 is 0 Å². The van der Waals surface area contributed by atoms with Gasteiger partial charge in [0.1, 0.15) is 0 Å². The fourth-order valence-corrected chi connectivity index (χ4v) is 1.22. The molecule has 0 radical (unpaired) electrons. The van der Waals surface area contributed by atoms with Crippen LogP contribution < -0.4 is 11.1 Å². The molecule has 0 amide bonds. The highest BCUT2D eigenvalue weighted by Crippen LogP contribution is 2.36. The highest BCUT2D eigenvalue weighted by molar-refractivity contribution is 4.84. The van der Waals surface area contributed by atoms with Crippen LogP contribution in [-0.4, -0.2) is 19.1 Å². The zero-order chi connectivity index (χ0) is 12.1. The van der Waals surface area contributed by atoms with Crippen LogP contribution in [0.5, 0.6) is 0 Å². The first-order chi connectivity index (χ1) is 6.67. The molecule has 92 valence electrons. The molecule has 0 aliphatic carbocycles. The lowest BCUT2D eigenvalue weighted by Crippen LogP contribution is -2.39. The molecule has 2 nitrogen and oxygen atoms in total. The number of nitrogens with one attached hydrogen (secondary N) is 1. The van der Waals surface area contributed by atoms with Crippen molar-refractivity contribution in [2.75, 3.05) is 13.1 Å². The topological polar surface area (TPSA) is 38.0 Å². The van der Waals surface area contributed by atoms with E-state index in [-0.39, 0.29) is 0 Å². The normalized spacial score (nSPS) is 15.4. The minimum Gasteiger partial charge on any atom is -0.328 e. The Morgan fingerprint density at radius 1 is 1.13 bits per heavy atom. The smallest absolute Gasteiger partial charge is 0.00109 e. The molecule has 0 aliphatic rings. The summed E-state index contributed by atoms with van der Waals surface area (Å²) in [5, 5.41) is 3.53. The maximum atomic E-state index is 5.70. The van der Waals surface area contributed by atoms with Crippen LogP contribution in [0, 0.1) is 10.8 Å². The molecule has 1 unspecified atom stereocenters. The minimum absolute atomic E-state index is 0.335. The van der Waals surface area contributed by atoms with E-state index in [9.17, 15) is 0 Å². The lowest BCUT2D eigenvalue weighted by atomic mass is 9.69. The van der Waals surface area contributed by atoms with Gasteiger partial charge in [-0.3, -0.25) is 0 Å². The highest BCUT2D eigenvalue weighted by Gasteiger charge is 2.31. The summed E-state index contributed by atoms with van der Waals surface area (Å²) in [7, 11) is 0. The van der Waals surface area contributed by atoms with Crippen LogP contribution in [0.25, 0.3) is 0 Å². The minimum atomic E-state index is 0.335. The highest BCUT2D eigenvalue weighted by atomic mass is 14.9. The fourth-order valence-electron chi connectivity index (χ4n) is 1.22. The zero-order valence-electron chi connectivity index (χ0n) is 11.5. The Kier molecular flexibility index (Phi) is 5.82. The predicted molar refractivity (Wildman–Crippen MR) is 69.0 cm³/mol. The van der Waals surface area contributed by atoms with Gasteiger partial charge in [-0.05, 0) is 37.1 Å². The third kappa shape index (κ3) is 6.16. The van der Waals surface area contributed by atoms with Crippen LogP contribution in [0.4, 0.5) is 0 Å². The van der Waals surface area contributed by atoms with Crippen LogP contribution in [0.3, 0.4) is 0 Å². The van der Waals surface area contributed by atoms with E-state index in [4.69, 9.17) is 5.73 Å². The van der Waals surface area contributed by atoms with E-state index in [1.807, 2.05) is 0 Å². The summed E-state index contributed by atoms with van der Waals surface area (Å²) in [5.74, 6) is 0. The van der Waals surface area contributed by atoms with E-state index in [0.717, 1.165) is 19.5 Å². The van der Waals surface area contributed by atoms with E-state index in [0.29, 0.717) is 16.9 Å². The quantitative estimate of drug-likeness (QED) is 0.667. The summed E-state index contributed by atoms with van der Waals surface area (Å²) < 4.78 is 0. The van der Waals surface area contributed by atoms with Crippen LogP contribution in [0.2, 0.25) is 0 Å². The third-order valence-corrected chi connectivity index (χ3v) is 3.61. The van der Waals surface area contributed by atoms with E-state index in [1.54, 1.807) is 0 Å². The van der Waals surface area contributed by atoms with Gasteiger partial charge in [0.25, 0.3) is 0 Å². The van der Waals surface area contributed by atoms with E-state index in [1.165, 1.54) is 6.42 Å². The largest absolute Gasteiger partial charge is 0.328 e. The molecule has 1 atom stereocenters. The Morgan fingerprint density at radius 3 is 2.07 bits per heavy atom. The molecule has 0 aromatic rings. The van der Waals surface area contributed by atoms with Crippen molar-refractivity contribution < 1.29 is 0 Å². The van der Waals surface area contributed by atoms with Crippen LogP contribution in [0.15, 0.2) is 0 Å². The van der Waals surface area contributed by atoms with Gasteiger partial charge in [-0.25, -0.2) is 0 Å². The van der Waals surface area contributed by atoms with Gasteiger partial charge in [0.05, 0.1) is 0 Å². The van der Waals surface area contributed by atoms with Gasteiger partial charge >= 0.3 is 0 Å². The summed E-state index contributed by atoms with van der Waals surface area (Å²) in [6, 6.07) is 0.336. The monoisotopic (exact) mass is 214 g/mol. The number of hydrogen-bond donors (Lipinski definition) is 2. The standard InChI is InChI=1S/C13H30N2/c1-11(14)8-7-9-15-10-13(5,6)12(2,3)4/h11,15H,7-10,14H2,1-6H3. The van der Waals surface area contributed by atoms with E-state index >= 15 is 0 Å². The van der Waals surface area contributed by atoms with Gasteiger partial charge in [0.15, 0.2) is 0 Å². The van der Waals surface area contributed by atoms with Crippen molar-refractivity contribution in [3.8, 4) is 0 Å². The van der Waals surface area contributed by atoms with E-state index in [2.05, 4.69) is 46.9 Å². The van der Waals surface area contributed by atoms with Gasteiger partial charge < -0.3 is 11.1 Å². The first-order valence-electron chi connectivity index (χ1n) is 6.13. The average molecular weight is 214 g/mol. The summed E-state index contributed by atoms with van der Waals surface area (Å²) in [6.07, 6.45) is 2.29. The van der Waals surface area contributed by atoms with Crippen LogP contribution in [-0.2, 0) is 0 Å². The molecule has 15 heavy (non-hydrogen) atoms. The second-order valence-electron chi connectivity index (χ2n) is 6.43. The van der Waals surface area contributed by atoms with Crippen molar-refractivity contribution in [3.05, 3.63) is 0 Å². The second kappa shape index (κ2) is 5.86. The Morgan fingerprint density at radius 2 is 1.67 bits per heavy atom. The Hall–Kier alpha value is -0.0800. The predicted octanol–water partition coefficient (Wildman–Crippen LogP) is 2.78. The van der Waals surface area contributed by atoms with Crippen molar-refractivity contribution in [1.29, 1.82) is 0 Å². The van der Waals surface area contributed by atoms with Gasteiger partial charge in [-0.2, -0.15) is 0 Å². The van der Waals surface area contributed by atoms with E-state index < -0.39 is 0 Å². The van der Waals surface area contributed by atoms with Gasteiger partial charge in [-0.1, -0.05) is 34.6 Å². The molecule has 0 spiro atoms. The summed E-state index contributed by atoms with van der Waals surface area (Å²) >= 11 is 0. The van der Waals surface area contributed by atoms with Crippen molar-refractivity contribution in [3.63, 3.8) is 0 Å². The molecule has 0 aliphatic heterocycles. The Labute approximate surface area is 96.0 Å². The van der Waals surface area contributed by atoms with Crippen molar-refractivity contribution >= 4 is 0 Å². The lowest BCUT2D eigenvalue weighted by Gasteiger charge is -2.39. The number of hydrogen-bond acceptors (Lipinski definition) is 2. The van der Waals surface area contributed by atoms with Gasteiger partial charge in [0, 0.05) is 12.6 Å². The molecule has 0 heterocycles. The number of nitrogens with two attached hydrogens (primary N) is 1. The maximum Gasteiger partial charge on any atom is 0.00109 e. The molecule has 0 saturated heterocycles. The molecule has 0 bridgehead atoms. The molecular weight excluding hydrogens is 184 g/mol. The number of rotatable bonds is 6. The Bertz CT molecular complexity index is 166. The first-order valence-corrected chi connectivity index (χ1v) is 6.13. The SMILES string of the molecule is CC(N)CCCNCC(C)(C)C(C)(C)C. The average Bonchev–Trinajstić information content (AvgIpc) is 2.00. The van der Waals surface area contributed by atoms with Gasteiger partial charge in [-0.15, -0.1) is 0 Å². The van der Waals surface area contributed by atoms with Gasteiger partial charge in [0.2, 0.25) is 0 Å². The molecule has 0 aromatic carbocycles. The molecule has 3 N–H and O–H groups in total. The van der Waals surface area contributed by atoms with Crippen molar-refractivity contribution in [2.45, 2.75) is 60.4 Å². The Balaban J connectivity index is 3.68. The summed E-state index contributed by atoms with van der Waals surface area (Å²) in [6.45, 7) is 15.8. The van der Waals surface area contributed by atoms with Crippen molar-refractivity contribution in [2.24, 2.45) is 16.6 Å². The molecule has 0 rings (SSSR count). The molecular formula is C13H30N2. The molecule has 0 aromatic heterocycles. The maximum absolute atomic E-state index is 5.70. The second-order valence-corrected chi connectivity index (χ2v) is 6.43. The van der Waals surface area contributed by atoms with Crippen LogP contribution in [0.1, 0.15) is 54.4 Å². The zero-order valence-corrected chi connectivity index (χ0v) is 11.5.